The van der Waals surface area contributed by atoms with Crippen LogP contribution in [0.25, 0.3) is 11.3 Å². The molecule has 0 saturated carbocycles. The number of carboxylic acids is 1. The van der Waals surface area contributed by atoms with E-state index < -0.39 is 5.97 Å². The number of aromatic carboxylic acids is 1. The highest BCUT2D eigenvalue weighted by Crippen LogP contribution is 2.32. The van der Waals surface area contributed by atoms with Gasteiger partial charge in [0.2, 0.25) is 0 Å². The number of benzene rings is 2. The minimum absolute atomic E-state index is 0.0180. The second-order valence-electron chi connectivity index (χ2n) is 6.94. The normalized spacial score (nSPS) is 10.7. The smallest absolute Gasteiger partial charge is 0.337 e. The first kappa shape index (κ1) is 22.2. The van der Waals surface area contributed by atoms with Gasteiger partial charge in [-0.05, 0) is 37.6 Å². The number of nitrogens with zero attached hydrogens (tertiary/aromatic N) is 2. The minimum atomic E-state index is -1.10. The Hall–Kier alpha value is -3.45. The average Bonchev–Trinajstić information content (AvgIpc) is 2.75. The summed E-state index contributed by atoms with van der Waals surface area (Å²) < 4.78 is 5.74. The molecule has 2 N–H and O–H groups in total. The molecule has 1 heterocycles. The lowest BCUT2D eigenvalue weighted by atomic mass is 10.0. The Morgan fingerprint density at radius 3 is 2.45 bits per heavy atom. The minimum Gasteiger partial charge on any atom is -0.507 e. The van der Waals surface area contributed by atoms with Crippen LogP contribution in [0.3, 0.4) is 0 Å². The largest absolute Gasteiger partial charge is 0.507 e. The van der Waals surface area contributed by atoms with E-state index in [4.69, 9.17) is 21.4 Å². The van der Waals surface area contributed by atoms with E-state index >= 15 is 0 Å². The summed E-state index contributed by atoms with van der Waals surface area (Å²) in [6, 6.07) is 7.78. The number of Topliss-reactive ketones (excluding diaryl/α,β-unsaturated/α-hetero) is 1. The van der Waals surface area contributed by atoms with Gasteiger partial charge in [0, 0.05) is 17.5 Å². The Morgan fingerprint density at radius 1 is 1.10 bits per heavy atom. The molecule has 7 nitrogen and oxygen atoms in total. The third-order valence-electron chi connectivity index (χ3n) is 4.73. The summed E-state index contributed by atoms with van der Waals surface area (Å²) in [6.45, 7) is 3.71. The lowest BCUT2D eigenvalue weighted by Gasteiger charge is -2.12. The van der Waals surface area contributed by atoms with E-state index in [-0.39, 0.29) is 28.7 Å². The lowest BCUT2D eigenvalue weighted by molar-refractivity contribution is 0.0696. The van der Waals surface area contributed by atoms with Gasteiger partial charge < -0.3 is 14.9 Å². The van der Waals surface area contributed by atoms with Crippen LogP contribution in [0.1, 0.15) is 51.7 Å². The van der Waals surface area contributed by atoms with E-state index in [9.17, 15) is 14.7 Å². The summed E-state index contributed by atoms with van der Waals surface area (Å²) in [4.78, 5) is 31.8. The van der Waals surface area contributed by atoms with Crippen LogP contribution in [0.2, 0.25) is 5.02 Å². The van der Waals surface area contributed by atoms with Gasteiger partial charge >= 0.3 is 5.97 Å². The highest BCUT2D eigenvalue weighted by Gasteiger charge is 2.16. The third-order valence-corrected chi connectivity index (χ3v) is 5.05. The van der Waals surface area contributed by atoms with Crippen molar-refractivity contribution in [2.24, 2.45) is 0 Å². The zero-order chi connectivity index (χ0) is 22.5. The molecule has 0 fully saturated rings. The van der Waals surface area contributed by atoms with Gasteiger partial charge in [0.1, 0.15) is 18.1 Å². The number of aromatic nitrogens is 2. The van der Waals surface area contributed by atoms with E-state index in [1.807, 2.05) is 6.92 Å². The van der Waals surface area contributed by atoms with Gasteiger partial charge in [-0.15, -0.1) is 0 Å². The van der Waals surface area contributed by atoms with Crippen LogP contribution in [0.5, 0.6) is 11.5 Å². The van der Waals surface area contributed by atoms with Gasteiger partial charge in [0.25, 0.3) is 0 Å². The molecule has 0 atom stereocenters. The predicted octanol–water partition coefficient (Wildman–Crippen LogP) is 5.07. The number of rotatable bonds is 8. The van der Waals surface area contributed by atoms with E-state index in [0.717, 1.165) is 0 Å². The molecular formula is C23H21ClN2O5. The van der Waals surface area contributed by atoms with Crippen LogP contribution < -0.4 is 4.74 Å². The molecule has 0 unspecified atom stereocenters. The number of carboxylic acid groups (broad SMARTS) is 1. The number of hydrogen-bond donors (Lipinski definition) is 2. The van der Waals surface area contributed by atoms with Crippen LogP contribution in [-0.4, -0.2) is 31.9 Å². The maximum Gasteiger partial charge on any atom is 0.337 e. The van der Waals surface area contributed by atoms with Gasteiger partial charge in [-0.2, -0.15) is 0 Å². The second kappa shape index (κ2) is 9.57. The van der Waals surface area contributed by atoms with Gasteiger partial charge in [-0.3, -0.25) is 14.8 Å². The van der Waals surface area contributed by atoms with Crippen molar-refractivity contribution in [3.8, 4) is 22.8 Å². The number of hydrogen-bond acceptors (Lipinski definition) is 6. The highest BCUT2D eigenvalue weighted by atomic mass is 35.5. The molecule has 0 aliphatic rings. The standard InChI is InChI=1S/C23H21ClN2O5/c1-3-4-20(27)17-7-8-21(13(2)22(17)28)31-12-15-10-26-19(11-25-15)14-5-6-16(23(29)30)18(24)9-14/h5-11,28H,3-4,12H2,1-2H3,(H,29,30). The summed E-state index contributed by atoms with van der Waals surface area (Å²) in [5.74, 6) is -0.821. The number of aromatic hydroxyl groups is 1. The molecule has 8 heteroatoms. The topological polar surface area (TPSA) is 110 Å². The van der Waals surface area contributed by atoms with Crippen LogP contribution in [0, 0.1) is 6.92 Å². The lowest BCUT2D eigenvalue weighted by Crippen LogP contribution is -2.04. The number of carbonyl (C=O) groups is 2. The molecule has 1 aromatic heterocycles. The maximum atomic E-state index is 12.1. The SMILES string of the molecule is CCCC(=O)c1ccc(OCc2cnc(-c3ccc(C(=O)O)c(Cl)c3)cn2)c(C)c1O. The summed E-state index contributed by atoms with van der Waals surface area (Å²) in [7, 11) is 0. The fourth-order valence-corrected chi connectivity index (χ4v) is 3.26. The van der Waals surface area contributed by atoms with E-state index in [1.54, 1.807) is 37.5 Å². The molecule has 0 aliphatic carbocycles. The molecule has 0 radical (unpaired) electrons. The molecule has 3 rings (SSSR count). The summed E-state index contributed by atoms with van der Waals surface area (Å²) in [5.41, 5.74) is 2.54. The predicted molar refractivity (Wildman–Crippen MR) is 116 cm³/mol. The zero-order valence-electron chi connectivity index (χ0n) is 17.1. The fraction of sp³-hybridized carbons (Fsp3) is 0.217. The van der Waals surface area contributed by atoms with E-state index in [0.29, 0.717) is 46.7 Å². The quantitative estimate of drug-likeness (QED) is 0.470. The monoisotopic (exact) mass is 440 g/mol. The van der Waals surface area contributed by atoms with Crippen molar-refractivity contribution in [1.82, 2.24) is 9.97 Å². The number of ether oxygens (including phenoxy) is 1. The van der Waals surface area contributed by atoms with Gasteiger partial charge in [-0.1, -0.05) is 24.6 Å². The number of phenols is 1. The first-order valence-electron chi connectivity index (χ1n) is 9.64. The van der Waals surface area contributed by atoms with Crippen LogP contribution in [-0.2, 0) is 6.61 Å². The molecule has 3 aromatic rings. The molecule has 160 valence electrons. The number of phenolic OH excluding ortho intramolecular Hbond substituents is 1. The Morgan fingerprint density at radius 2 is 1.84 bits per heavy atom. The van der Waals surface area contributed by atoms with Crippen molar-refractivity contribution in [2.45, 2.75) is 33.3 Å². The van der Waals surface area contributed by atoms with E-state index in [2.05, 4.69) is 9.97 Å². The highest BCUT2D eigenvalue weighted by molar-refractivity contribution is 6.33. The van der Waals surface area contributed by atoms with Crippen LogP contribution >= 0.6 is 11.6 Å². The Balaban J connectivity index is 1.71. The van der Waals surface area contributed by atoms with E-state index in [1.165, 1.54) is 12.1 Å². The van der Waals surface area contributed by atoms with Crippen molar-refractivity contribution in [3.05, 3.63) is 70.1 Å². The molecule has 0 aliphatic heterocycles. The van der Waals surface area contributed by atoms with Gasteiger partial charge in [0.15, 0.2) is 5.78 Å². The number of ketones is 1. The first-order chi connectivity index (χ1) is 14.8. The molecule has 0 spiro atoms. The summed E-state index contributed by atoms with van der Waals surface area (Å²) >= 11 is 6.01. The zero-order valence-corrected chi connectivity index (χ0v) is 17.8. The molecule has 0 amide bonds. The fourth-order valence-electron chi connectivity index (χ4n) is 3.00. The van der Waals surface area contributed by atoms with Crippen molar-refractivity contribution in [3.63, 3.8) is 0 Å². The number of carbonyl (C=O) groups excluding carboxylic acids is 1. The Kier molecular flexibility index (Phi) is 6.87. The van der Waals surface area contributed by atoms with Crippen molar-refractivity contribution < 1.29 is 24.5 Å². The molecule has 31 heavy (non-hydrogen) atoms. The van der Waals surface area contributed by atoms with Gasteiger partial charge in [-0.25, -0.2) is 4.79 Å². The molecule has 0 bridgehead atoms. The molecular weight excluding hydrogens is 420 g/mol. The third kappa shape index (κ3) is 5.00. The van der Waals surface area contributed by atoms with Crippen LogP contribution in [0.15, 0.2) is 42.7 Å². The first-order valence-corrected chi connectivity index (χ1v) is 10.0. The van der Waals surface area contributed by atoms with Crippen molar-refractivity contribution in [1.29, 1.82) is 0 Å². The molecule has 0 saturated heterocycles. The summed E-state index contributed by atoms with van der Waals surface area (Å²) in [6.07, 6.45) is 4.17. The van der Waals surface area contributed by atoms with Crippen molar-refractivity contribution in [2.75, 3.05) is 0 Å². The Bertz CT molecular complexity index is 1130. The number of halogens is 1. The van der Waals surface area contributed by atoms with Crippen molar-refractivity contribution >= 4 is 23.4 Å². The average molecular weight is 441 g/mol. The van der Waals surface area contributed by atoms with Crippen LogP contribution in [0.4, 0.5) is 0 Å². The maximum absolute atomic E-state index is 12.1. The second-order valence-corrected chi connectivity index (χ2v) is 7.35. The summed E-state index contributed by atoms with van der Waals surface area (Å²) in [5, 5.41) is 19.5. The van der Waals surface area contributed by atoms with Gasteiger partial charge in [0.05, 0.1) is 39.9 Å². The molecule has 2 aromatic carbocycles. The Labute approximate surface area is 184 Å².